The normalized spacial score (nSPS) is 19.1. The Hall–Kier alpha value is -1.89. The van der Waals surface area contributed by atoms with Gasteiger partial charge in [0.05, 0.1) is 11.6 Å². The number of nitrogens with zero attached hydrogens (tertiary/aromatic N) is 2. The second kappa shape index (κ2) is 10.6. The maximum absolute atomic E-state index is 13.6. The molecule has 2 amide bonds. The maximum Gasteiger partial charge on any atom is 0.331 e. The summed E-state index contributed by atoms with van der Waals surface area (Å²) in [5.74, 6) is -1.29. The number of hydrogen-bond donors (Lipinski definition) is 2. The molecule has 1 rings (SSSR count). The highest BCUT2D eigenvalue weighted by Gasteiger charge is 2.45. The van der Waals surface area contributed by atoms with E-state index in [-0.39, 0.29) is 29.3 Å². The number of nitrogens with one attached hydrogen (secondary N) is 1. The van der Waals surface area contributed by atoms with Crippen molar-refractivity contribution in [2.24, 2.45) is 11.3 Å². The minimum atomic E-state index is -1.00. The molecule has 31 heavy (non-hydrogen) atoms. The van der Waals surface area contributed by atoms with E-state index < -0.39 is 23.0 Å². The molecular formula is C24H43N3O4. The Morgan fingerprint density at radius 2 is 1.55 bits per heavy atom. The molecule has 0 aromatic rings. The molecule has 1 aliphatic carbocycles. The van der Waals surface area contributed by atoms with Crippen LogP contribution in [0.5, 0.6) is 0 Å². The Morgan fingerprint density at radius 3 is 1.94 bits per heavy atom. The van der Waals surface area contributed by atoms with Gasteiger partial charge < -0.3 is 15.3 Å². The number of carboxylic acids is 1. The van der Waals surface area contributed by atoms with Crippen molar-refractivity contribution in [1.82, 2.24) is 15.1 Å². The SMILES string of the molecule is C/C(=C\[C@H](C(C)C)N(C)C(=O)[C@@H](NC(=O)C1(N(C)C)CCCCC1)C(C)(C)C)C(=O)O. The predicted molar refractivity (Wildman–Crippen MR) is 124 cm³/mol. The van der Waals surface area contributed by atoms with Crippen LogP contribution in [0.2, 0.25) is 0 Å². The number of carbonyl (C=O) groups is 3. The van der Waals surface area contributed by atoms with Gasteiger partial charge in [0.2, 0.25) is 11.8 Å². The third kappa shape index (κ3) is 6.55. The molecule has 1 aliphatic rings. The fraction of sp³-hybridized carbons (Fsp3) is 0.792. The van der Waals surface area contributed by atoms with Gasteiger partial charge >= 0.3 is 5.97 Å². The highest BCUT2D eigenvalue weighted by Crippen LogP contribution is 2.33. The first-order valence-corrected chi connectivity index (χ1v) is 11.3. The molecule has 0 unspecified atom stereocenters. The first-order valence-electron chi connectivity index (χ1n) is 11.3. The van der Waals surface area contributed by atoms with Crippen LogP contribution in [0.1, 0.15) is 73.6 Å². The van der Waals surface area contributed by atoms with E-state index in [1.54, 1.807) is 18.0 Å². The van der Waals surface area contributed by atoms with Crippen molar-refractivity contribution in [3.8, 4) is 0 Å². The molecule has 1 fully saturated rings. The lowest BCUT2D eigenvalue weighted by Crippen LogP contribution is -2.63. The highest BCUT2D eigenvalue weighted by molar-refractivity contribution is 5.93. The van der Waals surface area contributed by atoms with Crippen LogP contribution in [0.15, 0.2) is 11.6 Å². The van der Waals surface area contributed by atoms with Crippen LogP contribution >= 0.6 is 0 Å². The molecule has 7 nitrogen and oxygen atoms in total. The van der Waals surface area contributed by atoms with Crippen LogP contribution in [0.4, 0.5) is 0 Å². The van der Waals surface area contributed by atoms with Crippen LogP contribution < -0.4 is 5.32 Å². The molecule has 0 spiro atoms. The number of carbonyl (C=O) groups excluding carboxylic acids is 2. The van der Waals surface area contributed by atoms with Crippen LogP contribution in [0, 0.1) is 11.3 Å². The molecular weight excluding hydrogens is 394 g/mol. The summed E-state index contributed by atoms with van der Waals surface area (Å²) in [6, 6.07) is -1.11. The summed E-state index contributed by atoms with van der Waals surface area (Å²) in [6.45, 7) is 11.3. The Bertz CT molecular complexity index is 685. The smallest absolute Gasteiger partial charge is 0.331 e. The van der Waals surface area contributed by atoms with Crippen molar-refractivity contribution in [3.05, 3.63) is 11.6 Å². The summed E-state index contributed by atoms with van der Waals surface area (Å²) in [7, 11) is 5.55. The number of hydrogen-bond acceptors (Lipinski definition) is 4. The molecule has 178 valence electrons. The third-order valence-corrected chi connectivity index (χ3v) is 6.58. The molecule has 0 aromatic heterocycles. The van der Waals surface area contributed by atoms with E-state index >= 15 is 0 Å². The second-order valence-corrected chi connectivity index (χ2v) is 10.6. The van der Waals surface area contributed by atoms with Gasteiger partial charge in [-0.25, -0.2) is 4.79 Å². The number of aliphatic carboxylic acids is 1. The zero-order valence-electron chi connectivity index (χ0n) is 20.9. The Balaban J connectivity index is 3.23. The third-order valence-electron chi connectivity index (χ3n) is 6.58. The maximum atomic E-state index is 13.6. The lowest BCUT2D eigenvalue weighted by Gasteiger charge is -2.44. The Kier molecular flexibility index (Phi) is 9.30. The quantitative estimate of drug-likeness (QED) is 0.569. The summed E-state index contributed by atoms with van der Waals surface area (Å²) in [4.78, 5) is 42.0. The van der Waals surface area contributed by atoms with E-state index in [0.717, 1.165) is 32.1 Å². The van der Waals surface area contributed by atoms with Gasteiger partial charge in [0.15, 0.2) is 0 Å². The first kappa shape index (κ1) is 27.1. The minimum absolute atomic E-state index is 0.0195. The second-order valence-electron chi connectivity index (χ2n) is 10.6. The van der Waals surface area contributed by atoms with E-state index in [0.29, 0.717) is 0 Å². The van der Waals surface area contributed by atoms with Crippen molar-refractivity contribution >= 4 is 17.8 Å². The van der Waals surface area contributed by atoms with Crippen molar-refractivity contribution < 1.29 is 19.5 Å². The van der Waals surface area contributed by atoms with Gasteiger partial charge in [-0.1, -0.05) is 60.0 Å². The summed E-state index contributed by atoms with van der Waals surface area (Å²) >= 11 is 0. The Labute approximate surface area is 188 Å². The number of rotatable bonds is 8. The van der Waals surface area contributed by atoms with Crippen molar-refractivity contribution in [1.29, 1.82) is 0 Å². The average Bonchev–Trinajstić information content (AvgIpc) is 2.67. The van der Waals surface area contributed by atoms with Gasteiger partial charge in [0, 0.05) is 12.6 Å². The summed E-state index contributed by atoms with van der Waals surface area (Å²) < 4.78 is 0. The van der Waals surface area contributed by atoms with Gasteiger partial charge in [-0.3, -0.25) is 14.5 Å². The molecule has 0 aromatic carbocycles. The number of carboxylic acid groups (broad SMARTS) is 1. The van der Waals surface area contributed by atoms with Gasteiger partial charge in [0.25, 0.3) is 0 Å². The number of likely N-dealkylation sites (N-methyl/N-ethyl adjacent to an activating group) is 2. The lowest BCUT2D eigenvalue weighted by atomic mass is 9.78. The molecule has 2 N–H and O–H groups in total. The van der Waals surface area contributed by atoms with Crippen LogP contribution in [-0.4, -0.2) is 71.5 Å². The van der Waals surface area contributed by atoms with Crippen LogP contribution in [0.25, 0.3) is 0 Å². The molecule has 0 aliphatic heterocycles. The van der Waals surface area contributed by atoms with Gasteiger partial charge in [-0.05, 0) is 45.2 Å². The fourth-order valence-electron chi connectivity index (χ4n) is 4.36. The summed E-state index contributed by atoms with van der Waals surface area (Å²) in [6.07, 6.45) is 6.29. The largest absolute Gasteiger partial charge is 0.478 e. The zero-order valence-corrected chi connectivity index (χ0v) is 20.9. The molecule has 2 atom stereocenters. The predicted octanol–water partition coefficient (Wildman–Crippen LogP) is 3.30. The summed E-state index contributed by atoms with van der Waals surface area (Å²) in [5.41, 5.74) is -0.905. The number of amides is 2. The molecule has 0 saturated heterocycles. The van der Waals surface area contributed by atoms with E-state index in [2.05, 4.69) is 5.32 Å². The zero-order chi connectivity index (χ0) is 24.1. The van der Waals surface area contributed by atoms with Crippen LogP contribution in [0.3, 0.4) is 0 Å². The molecule has 0 radical (unpaired) electrons. The molecule has 7 heteroatoms. The Morgan fingerprint density at radius 1 is 1.03 bits per heavy atom. The van der Waals surface area contributed by atoms with E-state index in [1.807, 2.05) is 53.6 Å². The van der Waals surface area contributed by atoms with E-state index in [9.17, 15) is 19.5 Å². The minimum Gasteiger partial charge on any atom is -0.478 e. The van der Waals surface area contributed by atoms with E-state index in [1.165, 1.54) is 6.92 Å². The fourth-order valence-corrected chi connectivity index (χ4v) is 4.36. The molecule has 0 bridgehead atoms. The standard InChI is InChI=1S/C24H43N3O4/c1-16(2)18(15-17(3)21(29)30)27(9)20(28)19(23(4,5)6)25-22(31)24(26(7)8)13-11-10-12-14-24/h15-16,18-19H,10-14H2,1-9H3,(H,25,31)(H,29,30)/b17-15+/t18-,19-/m1/s1. The molecule has 0 heterocycles. The lowest BCUT2D eigenvalue weighted by molar-refractivity contribution is -0.144. The first-order chi connectivity index (χ1) is 14.1. The van der Waals surface area contributed by atoms with Gasteiger partial charge in [-0.2, -0.15) is 0 Å². The van der Waals surface area contributed by atoms with Crippen LogP contribution in [-0.2, 0) is 14.4 Å². The molecule has 1 saturated carbocycles. The average molecular weight is 438 g/mol. The summed E-state index contributed by atoms with van der Waals surface area (Å²) in [5, 5.41) is 12.4. The highest BCUT2D eigenvalue weighted by atomic mass is 16.4. The van der Waals surface area contributed by atoms with E-state index in [4.69, 9.17) is 0 Å². The topological polar surface area (TPSA) is 90.0 Å². The van der Waals surface area contributed by atoms with Gasteiger partial charge in [-0.15, -0.1) is 0 Å². The van der Waals surface area contributed by atoms with Crippen molar-refractivity contribution in [3.63, 3.8) is 0 Å². The monoisotopic (exact) mass is 437 g/mol. The van der Waals surface area contributed by atoms with Gasteiger partial charge in [0.1, 0.15) is 6.04 Å². The van der Waals surface area contributed by atoms with Crippen molar-refractivity contribution in [2.45, 2.75) is 91.3 Å². The van der Waals surface area contributed by atoms with Crippen molar-refractivity contribution in [2.75, 3.05) is 21.1 Å².